The lowest BCUT2D eigenvalue weighted by atomic mass is 9.92. The first-order valence-corrected chi connectivity index (χ1v) is 8.30. The van der Waals surface area contributed by atoms with E-state index in [1.807, 2.05) is 0 Å². The van der Waals surface area contributed by atoms with Gasteiger partial charge in [-0.05, 0) is 58.5 Å². The molecule has 0 radical (unpaired) electrons. The SMILES string of the molecule is CCN(C(C)CCCNC1CC1)C1CCCCC1. The Bertz CT molecular complexity index is 219. The van der Waals surface area contributed by atoms with Gasteiger partial charge in [0.15, 0.2) is 0 Å². The van der Waals surface area contributed by atoms with Crippen LogP contribution in [0.2, 0.25) is 0 Å². The molecule has 2 saturated carbocycles. The minimum atomic E-state index is 0.777. The van der Waals surface area contributed by atoms with Crippen molar-refractivity contribution >= 4 is 0 Å². The van der Waals surface area contributed by atoms with Crippen molar-refractivity contribution < 1.29 is 0 Å². The summed E-state index contributed by atoms with van der Waals surface area (Å²) >= 11 is 0. The third-order valence-corrected chi connectivity index (χ3v) is 4.78. The van der Waals surface area contributed by atoms with Crippen molar-refractivity contribution in [3.63, 3.8) is 0 Å². The van der Waals surface area contributed by atoms with Gasteiger partial charge in [-0.15, -0.1) is 0 Å². The fourth-order valence-electron chi connectivity index (χ4n) is 3.50. The first-order chi connectivity index (χ1) is 8.81. The van der Waals surface area contributed by atoms with Crippen LogP contribution in [-0.2, 0) is 0 Å². The molecule has 2 aliphatic carbocycles. The van der Waals surface area contributed by atoms with Gasteiger partial charge in [-0.1, -0.05) is 26.2 Å². The highest BCUT2D eigenvalue weighted by molar-refractivity contribution is 4.82. The van der Waals surface area contributed by atoms with E-state index < -0.39 is 0 Å². The average molecular weight is 252 g/mol. The third-order valence-electron chi connectivity index (χ3n) is 4.78. The Morgan fingerprint density at radius 1 is 1.11 bits per heavy atom. The fraction of sp³-hybridized carbons (Fsp3) is 1.00. The Hall–Kier alpha value is -0.0800. The molecule has 0 heterocycles. The lowest BCUT2D eigenvalue weighted by molar-refractivity contribution is 0.113. The molecule has 0 aromatic carbocycles. The van der Waals surface area contributed by atoms with E-state index in [0.29, 0.717) is 0 Å². The van der Waals surface area contributed by atoms with E-state index in [2.05, 4.69) is 24.1 Å². The predicted octanol–water partition coefficient (Wildman–Crippen LogP) is 3.56. The van der Waals surface area contributed by atoms with Gasteiger partial charge in [0.25, 0.3) is 0 Å². The van der Waals surface area contributed by atoms with Gasteiger partial charge in [0.1, 0.15) is 0 Å². The molecule has 0 bridgehead atoms. The molecule has 1 unspecified atom stereocenters. The van der Waals surface area contributed by atoms with E-state index in [9.17, 15) is 0 Å². The second-order valence-corrected chi connectivity index (χ2v) is 6.34. The molecule has 2 aliphatic rings. The van der Waals surface area contributed by atoms with Gasteiger partial charge >= 0.3 is 0 Å². The van der Waals surface area contributed by atoms with Crippen LogP contribution in [0.1, 0.15) is 71.6 Å². The molecule has 2 heteroatoms. The van der Waals surface area contributed by atoms with Gasteiger partial charge in [-0.3, -0.25) is 4.90 Å². The van der Waals surface area contributed by atoms with E-state index >= 15 is 0 Å². The van der Waals surface area contributed by atoms with Crippen LogP contribution in [0.4, 0.5) is 0 Å². The molecule has 2 fully saturated rings. The molecule has 1 atom stereocenters. The van der Waals surface area contributed by atoms with Crippen LogP contribution in [0, 0.1) is 0 Å². The summed E-state index contributed by atoms with van der Waals surface area (Å²) in [5.74, 6) is 0. The van der Waals surface area contributed by atoms with Crippen molar-refractivity contribution in [2.45, 2.75) is 89.8 Å². The van der Waals surface area contributed by atoms with Crippen molar-refractivity contribution in [2.24, 2.45) is 0 Å². The van der Waals surface area contributed by atoms with Gasteiger partial charge in [0.2, 0.25) is 0 Å². The molecule has 0 aromatic heterocycles. The van der Waals surface area contributed by atoms with Gasteiger partial charge < -0.3 is 5.32 Å². The van der Waals surface area contributed by atoms with Gasteiger partial charge in [0.05, 0.1) is 0 Å². The molecule has 0 aromatic rings. The molecule has 2 nitrogen and oxygen atoms in total. The van der Waals surface area contributed by atoms with Crippen LogP contribution < -0.4 is 5.32 Å². The van der Waals surface area contributed by atoms with Crippen LogP contribution in [0.3, 0.4) is 0 Å². The van der Waals surface area contributed by atoms with Crippen molar-refractivity contribution in [1.29, 1.82) is 0 Å². The van der Waals surface area contributed by atoms with Gasteiger partial charge in [-0.25, -0.2) is 0 Å². The van der Waals surface area contributed by atoms with Crippen molar-refractivity contribution in [3.05, 3.63) is 0 Å². The summed E-state index contributed by atoms with van der Waals surface area (Å²) in [5, 5.41) is 3.63. The van der Waals surface area contributed by atoms with Crippen LogP contribution in [-0.4, -0.2) is 36.1 Å². The predicted molar refractivity (Wildman–Crippen MR) is 79.0 cm³/mol. The monoisotopic (exact) mass is 252 g/mol. The number of rotatable bonds is 8. The molecular weight excluding hydrogens is 220 g/mol. The summed E-state index contributed by atoms with van der Waals surface area (Å²) in [6, 6.07) is 2.54. The summed E-state index contributed by atoms with van der Waals surface area (Å²) in [6.45, 7) is 7.25. The van der Waals surface area contributed by atoms with Crippen molar-refractivity contribution in [1.82, 2.24) is 10.2 Å². The third kappa shape index (κ3) is 4.55. The van der Waals surface area contributed by atoms with Crippen LogP contribution in [0.5, 0.6) is 0 Å². The highest BCUT2D eigenvalue weighted by Crippen LogP contribution is 2.25. The van der Waals surface area contributed by atoms with E-state index in [1.165, 1.54) is 70.9 Å². The van der Waals surface area contributed by atoms with Crippen molar-refractivity contribution in [2.75, 3.05) is 13.1 Å². The number of hydrogen-bond acceptors (Lipinski definition) is 2. The highest BCUT2D eigenvalue weighted by atomic mass is 15.2. The Labute approximate surface area is 114 Å². The summed E-state index contributed by atoms with van der Waals surface area (Å²) in [4.78, 5) is 2.77. The number of hydrogen-bond donors (Lipinski definition) is 1. The van der Waals surface area contributed by atoms with E-state index in [0.717, 1.165) is 18.1 Å². The van der Waals surface area contributed by atoms with E-state index in [1.54, 1.807) is 0 Å². The van der Waals surface area contributed by atoms with Gasteiger partial charge in [-0.2, -0.15) is 0 Å². The first kappa shape index (κ1) is 14.3. The highest BCUT2D eigenvalue weighted by Gasteiger charge is 2.24. The maximum absolute atomic E-state index is 3.63. The second kappa shape index (κ2) is 7.49. The first-order valence-electron chi connectivity index (χ1n) is 8.30. The standard InChI is InChI=1S/C16H32N2/c1-3-18(16-9-5-4-6-10-16)14(2)8-7-13-17-15-11-12-15/h14-17H,3-13H2,1-2H3. The second-order valence-electron chi connectivity index (χ2n) is 6.34. The minimum absolute atomic E-state index is 0.777. The van der Waals surface area contributed by atoms with Crippen molar-refractivity contribution in [3.8, 4) is 0 Å². The molecule has 0 spiro atoms. The summed E-state index contributed by atoms with van der Waals surface area (Å²) < 4.78 is 0. The zero-order valence-electron chi connectivity index (χ0n) is 12.5. The van der Waals surface area contributed by atoms with Crippen LogP contribution in [0.25, 0.3) is 0 Å². The minimum Gasteiger partial charge on any atom is -0.314 e. The normalized spacial score (nSPS) is 23.5. The average Bonchev–Trinajstić information content (AvgIpc) is 3.21. The molecule has 1 N–H and O–H groups in total. The lowest BCUT2D eigenvalue weighted by Gasteiger charge is -2.38. The maximum Gasteiger partial charge on any atom is 0.00979 e. The molecule has 0 amide bonds. The molecular formula is C16H32N2. The molecule has 106 valence electrons. The summed E-state index contributed by atoms with van der Waals surface area (Å²) in [7, 11) is 0. The van der Waals surface area contributed by atoms with E-state index in [4.69, 9.17) is 0 Å². The quantitative estimate of drug-likeness (QED) is 0.665. The molecule has 18 heavy (non-hydrogen) atoms. The fourth-order valence-corrected chi connectivity index (χ4v) is 3.50. The molecule has 0 aliphatic heterocycles. The number of nitrogens with zero attached hydrogens (tertiary/aromatic N) is 1. The Morgan fingerprint density at radius 3 is 2.44 bits per heavy atom. The molecule has 0 saturated heterocycles. The lowest BCUT2D eigenvalue weighted by Crippen LogP contribution is -2.43. The maximum atomic E-state index is 3.63. The summed E-state index contributed by atoms with van der Waals surface area (Å²) in [6.07, 6.45) is 12.8. The van der Waals surface area contributed by atoms with Crippen LogP contribution in [0.15, 0.2) is 0 Å². The topological polar surface area (TPSA) is 15.3 Å². The Kier molecular flexibility index (Phi) is 5.97. The summed E-state index contributed by atoms with van der Waals surface area (Å²) in [5.41, 5.74) is 0. The largest absolute Gasteiger partial charge is 0.314 e. The Balaban J connectivity index is 1.64. The van der Waals surface area contributed by atoms with E-state index in [-0.39, 0.29) is 0 Å². The van der Waals surface area contributed by atoms with Gasteiger partial charge in [0, 0.05) is 18.1 Å². The zero-order valence-corrected chi connectivity index (χ0v) is 12.5. The molecule has 2 rings (SSSR count). The zero-order chi connectivity index (χ0) is 12.8. The number of nitrogens with one attached hydrogen (secondary N) is 1. The Morgan fingerprint density at radius 2 is 1.83 bits per heavy atom. The smallest absolute Gasteiger partial charge is 0.00979 e. The van der Waals surface area contributed by atoms with Crippen LogP contribution >= 0.6 is 0 Å².